The number of nitro groups is 1. The molecule has 1 fully saturated rings. The molecule has 0 bridgehead atoms. The summed E-state index contributed by atoms with van der Waals surface area (Å²) in [6, 6.07) is 4.60. The zero-order chi connectivity index (χ0) is 17.9. The summed E-state index contributed by atoms with van der Waals surface area (Å²) in [7, 11) is -3.88. The number of anilines is 2. The molecule has 132 valence electrons. The van der Waals surface area contributed by atoms with Crippen molar-refractivity contribution in [1.29, 1.82) is 0 Å². The van der Waals surface area contributed by atoms with E-state index in [1.54, 1.807) is 0 Å². The first-order valence-corrected chi connectivity index (χ1v) is 8.86. The van der Waals surface area contributed by atoms with Crippen LogP contribution in [0.1, 0.15) is 0 Å². The highest BCUT2D eigenvalue weighted by Gasteiger charge is 2.17. The summed E-state index contributed by atoms with van der Waals surface area (Å²) in [6.07, 6.45) is 2.75. The van der Waals surface area contributed by atoms with Crippen LogP contribution >= 0.6 is 0 Å². The molecule has 1 aromatic carbocycles. The van der Waals surface area contributed by atoms with Gasteiger partial charge < -0.3 is 9.64 Å². The minimum Gasteiger partial charge on any atom is -0.378 e. The first-order valence-electron chi connectivity index (χ1n) is 7.38. The van der Waals surface area contributed by atoms with Gasteiger partial charge in [-0.25, -0.2) is 18.4 Å². The zero-order valence-electron chi connectivity index (χ0n) is 13.0. The summed E-state index contributed by atoms with van der Waals surface area (Å²) in [4.78, 5) is 20.2. The fourth-order valence-corrected chi connectivity index (χ4v) is 3.29. The van der Waals surface area contributed by atoms with Gasteiger partial charge in [0.1, 0.15) is 0 Å². The van der Waals surface area contributed by atoms with Crippen LogP contribution in [0.3, 0.4) is 0 Å². The smallest absolute Gasteiger partial charge is 0.269 e. The SMILES string of the molecule is O=[N+]([O-])c1ccc(S(=O)(=O)Nc2cnc(N3CCOCC3)nc2)cc1. The summed E-state index contributed by atoms with van der Waals surface area (Å²) in [6.45, 7) is 2.54. The molecule has 2 heterocycles. The van der Waals surface area contributed by atoms with Gasteiger partial charge in [0.25, 0.3) is 15.7 Å². The van der Waals surface area contributed by atoms with Crippen LogP contribution < -0.4 is 9.62 Å². The van der Waals surface area contributed by atoms with Gasteiger partial charge in [-0.15, -0.1) is 0 Å². The molecule has 1 N–H and O–H groups in total. The molecule has 0 amide bonds. The second-order valence-electron chi connectivity index (χ2n) is 5.23. The lowest BCUT2D eigenvalue weighted by molar-refractivity contribution is -0.384. The number of nitrogens with zero attached hydrogens (tertiary/aromatic N) is 4. The number of ether oxygens (including phenoxy) is 1. The maximum atomic E-state index is 12.3. The molecule has 0 aliphatic carbocycles. The molecule has 0 saturated carbocycles. The molecule has 1 aliphatic heterocycles. The average Bonchev–Trinajstić information content (AvgIpc) is 2.63. The molecule has 0 radical (unpaired) electrons. The van der Waals surface area contributed by atoms with E-state index in [0.717, 1.165) is 12.1 Å². The predicted molar refractivity (Wildman–Crippen MR) is 89.0 cm³/mol. The molecule has 10 nitrogen and oxygen atoms in total. The van der Waals surface area contributed by atoms with E-state index in [0.29, 0.717) is 32.3 Å². The Morgan fingerprint density at radius 2 is 1.72 bits per heavy atom. The molecule has 2 aromatic rings. The van der Waals surface area contributed by atoms with Gasteiger partial charge in [-0.3, -0.25) is 14.8 Å². The van der Waals surface area contributed by atoms with Crippen molar-refractivity contribution < 1.29 is 18.1 Å². The van der Waals surface area contributed by atoms with Crippen molar-refractivity contribution in [3.8, 4) is 0 Å². The van der Waals surface area contributed by atoms with Crippen molar-refractivity contribution in [1.82, 2.24) is 9.97 Å². The predicted octanol–water partition coefficient (Wildman–Crippen LogP) is 1.02. The van der Waals surface area contributed by atoms with E-state index in [1.165, 1.54) is 24.5 Å². The Morgan fingerprint density at radius 3 is 2.28 bits per heavy atom. The lowest BCUT2D eigenvalue weighted by Gasteiger charge is -2.26. The maximum absolute atomic E-state index is 12.3. The molecule has 1 aliphatic rings. The van der Waals surface area contributed by atoms with Crippen molar-refractivity contribution in [2.45, 2.75) is 4.90 Å². The standard InChI is InChI=1S/C14H15N5O5S/c20-19(21)12-1-3-13(4-2-12)25(22,23)17-11-9-15-14(16-10-11)18-5-7-24-8-6-18/h1-4,9-10,17H,5-8H2. The summed E-state index contributed by atoms with van der Waals surface area (Å²) in [5, 5.41) is 10.6. The molecule has 3 rings (SSSR count). The number of benzene rings is 1. The van der Waals surface area contributed by atoms with Crippen LogP contribution in [0.25, 0.3) is 0 Å². The average molecular weight is 365 g/mol. The van der Waals surface area contributed by atoms with Crippen molar-refractivity contribution in [3.05, 3.63) is 46.8 Å². The Balaban J connectivity index is 1.73. The number of aromatic nitrogens is 2. The number of hydrogen-bond donors (Lipinski definition) is 1. The van der Waals surface area contributed by atoms with Gasteiger partial charge in [0.15, 0.2) is 0 Å². The van der Waals surface area contributed by atoms with Gasteiger partial charge in [-0.05, 0) is 12.1 Å². The molecule has 1 aromatic heterocycles. The molecule has 25 heavy (non-hydrogen) atoms. The highest BCUT2D eigenvalue weighted by atomic mass is 32.2. The van der Waals surface area contributed by atoms with E-state index in [4.69, 9.17) is 4.74 Å². The van der Waals surface area contributed by atoms with Gasteiger partial charge >= 0.3 is 0 Å². The quantitative estimate of drug-likeness (QED) is 0.614. The molecule has 0 atom stereocenters. The maximum Gasteiger partial charge on any atom is 0.269 e. The number of nitrogens with one attached hydrogen (secondary N) is 1. The monoisotopic (exact) mass is 365 g/mol. The number of hydrogen-bond acceptors (Lipinski definition) is 8. The van der Waals surface area contributed by atoms with Crippen LogP contribution in [0, 0.1) is 10.1 Å². The lowest BCUT2D eigenvalue weighted by atomic mass is 10.3. The number of non-ortho nitro benzene ring substituents is 1. The molecule has 0 unspecified atom stereocenters. The van der Waals surface area contributed by atoms with Crippen LogP contribution in [0.2, 0.25) is 0 Å². The Kier molecular flexibility index (Phi) is 4.76. The first kappa shape index (κ1) is 17.0. The molecule has 0 spiro atoms. The van der Waals surface area contributed by atoms with E-state index in [2.05, 4.69) is 14.7 Å². The van der Waals surface area contributed by atoms with Crippen LogP contribution in [-0.2, 0) is 14.8 Å². The minimum absolute atomic E-state index is 0.0876. The highest BCUT2D eigenvalue weighted by Crippen LogP contribution is 2.19. The van der Waals surface area contributed by atoms with Gasteiger partial charge in [-0.2, -0.15) is 0 Å². The summed E-state index contributed by atoms with van der Waals surface area (Å²) in [5.74, 6) is 0.501. The fraction of sp³-hybridized carbons (Fsp3) is 0.286. The van der Waals surface area contributed by atoms with Crippen molar-refractivity contribution in [2.24, 2.45) is 0 Å². The second-order valence-corrected chi connectivity index (χ2v) is 6.91. The van der Waals surface area contributed by atoms with E-state index < -0.39 is 14.9 Å². The topological polar surface area (TPSA) is 128 Å². The molecular formula is C14H15N5O5S. The summed E-state index contributed by atoms with van der Waals surface area (Å²) < 4.78 is 32.2. The van der Waals surface area contributed by atoms with E-state index in [9.17, 15) is 18.5 Å². The minimum atomic E-state index is -3.88. The number of morpholine rings is 1. The Labute approximate surface area is 143 Å². The number of nitro benzene ring substituents is 1. The van der Waals surface area contributed by atoms with Crippen LogP contribution in [0.5, 0.6) is 0 Å². The van der Waals surface area contributed by atoms with Crippen molar-refractivity contribution in [3.63, 3.8) is 0 Å². The van der Waals surface area contributed by atoms with E-state index >= 15 is 0 Å². The van der Waals surface area contributed by atoms with Gasteiger partial charge in [0, 0.05) is 25.2 Å². The van der Waals surface area contributed by atoms with Crippen LogP contribution in [0.4, 0.5) is 17.3 Å². The highest BCUT2D eigenvalue weighted by molar-refractivity contribution is 7.92. The third kappa shape index (κ3) is 4.00. The van der Waals surface area contributed by atoms with E-state index in [-0.39, 0.29) is 16.3 Å². The summed E-state index contributed by atoms with van der Waals surface area (Å²) in [5.41, 5.74) is 0.0208. The van der Waals surface area contributed by atoms with Crippen LogP contribution in [-0.4, -0.2) is 49.6 Å². The Morgan fingerprint density at radius 1 is 1.12 bits per heavy atom. The largest absolute Gasteiger partial charge is 0.378 e. The Bertz CT molecular complexity index is 848. The third-order valence-corrected chi connectivity index (χ3v) is 4.94. The van der Waals surface area contributed by atoms with Crippen molar-refractivity contribution >= 4 is 27.3 Å². The third-order valence-electron chi connectivity index (χ3n) is 3.54. The van der Waals surface area contributed by atoms with Gasteiger partial charge in [0.2, 0.25) is 5.95 Å². The second kappa shape index (κ2) is 6.99. The first-order chi connectivity index (χ1) is 12.0. The molecule has 1 saturated heterocycles. The fourth-order valence-electron chi connectivity index (χ4n) is 2.26. The lowest BCUT2D eigenvalue weighted by Crippen LogP contribution is -2.37. The summed E-state index contributed by atoms with van der Waals surface area (Å²) >= 11 is 0. The Hall–Kier alpha value is -2.79. The number of rotatable bonds is 5. The zero-order valence-corrected chi connectivity index (χ0v) is 13.8. The number of sulfonamides is 1. The van der Waals surface area contributed by atoms with Crippen molar-refractivity contribution in [2.75, 3.05) is 35.9 Å². The van der Waals surface area contributed by atoms with Gasteiger partial charge in [-0.1, -0.05) is 0 Å². The molecular weight excluding hydrogens is 350 g/mol. The van der Waals surface area contributed by atoms with E-state index in [1.807, 2.05) is 4.90 Å². The molecule has 11 heteroatoms. The van der Waals surface area contributed by atoms with Crippen LogP contribution in [0.15, 0.2) is 41.6 Å². The normalized spacial score (nSPS) is 15.0. The van der Waals surface area contributed by atoms with Gasteiger partial charge in [0.05, 0.1) is 41.1 Å².